The van der Waals surface area contributed by atoms with Gasteiger partial charge in [0.15, 0.2) is 0 Å². The summed E-state index contributed by atoms with van der Waals surface area (Å²) in [6.45, 7) is 0. The lowest BCUT2D eigenvalue weighted by atomic mass is 10.1. The number of fused-ring (bicyclic) bond motifs is 2. The normalized spacial score (nSPS) is 11.0. The lowest BCUT2D eigenvalue weighted by Gasteiger charge is -2.05. The van der Waals surface area contributed by atoms with Gasteiger partial charge in [-0.05, 0) is 30.3 Å². The van der Waals surface area contributed by atoms with E-state index in [-0.39, 0.29) is 5.91 Å². The van der Waals surface area contributed by atoms with Gasteiger partial charge >= 0.3 is 0 Å². The number of H-pyrrole nitrogens is 2. The van der Waals surface area contributed by atoms with E-state index in [9.17, 15) is 4.79 Å². The topological polar surface area (TPSA) is 86.5 Å². The number of nitrogens with zero attached hydrogens (tertiary/aromatic N) is 2. The number of hydrogen-bond acceptors (Lipinski definition) is 3. The molecular formula is C15H11N5O. The highest BCUT2D eigenvalue weighted by molar-refractivity contribution is 6.06. The third-order valence-electron chi connectivity index (χ3n) is 3.38. The van der Waals surface area contributed by atoms with Gasteiger partial charge in [0.25, 0.3) is 5.91 Å². The highest BCUT2D eigenvalue weighted by Crippen LogP contribution is 2.18. The Morgan fingerprint density at radius 1 is 1.10 bits per heavy atom. The number of benzene rings is 2. The first kappa shape index (κ1) is 11.7. The number of amides is 1. The van der Waals surface area contributed by atoms with Crippen LogP contribution in [0, 0.1) is 0 Å². The van der Waals surface area contributed by atoms with Crippen molar-refractivity contribution in [1.82, 2.24) is 20.2 Å². The van der Waals surface area contributed by atoms with Crippen molar-refractivity contribution in [2.45, 2.75) is 0 Å². The molecule has 0 atom stereocenters. The van der Waals surface area contributed by atoms with Crippen LogP contribution < -0.4 is 5.32 Å². The number of carbonyl (C=O) groups is 1. The summed E-state index contributed by atoms with van der Waals surface area (Å²) < 4.78 is 0. The lowest BCUT2D eigenvalue weighted by molar-refractivity contribution is 0.102. The highest BCUT2D eigenvalue weighted by Gasteiger charge is 2.08. The molecule has 0 aliphatic heterocycles. The third kappa shape index (κ3) is 2.02. The molecule has 0 aliphatic carbocycles. The van der Waals surface area contributed by atoms with Gasteiger partial charge < -0.3 is 10.3 Å². The molecule has 0 saturated carbocycles. The molecule has 1 amide bonds. The van der Waals surface area contributed by atoms with Gasteiger partial charge in [-0.3, -0.25) is 9.89 Å². The van der Waals surface area contributed by atoms with E-state index in [1.54, 1.807) is 24.7 Å². The van der Waals surface area contributed by atoms with Crippen LogP contribution in [0.15, 0.2) is 48.9 Å². The van der Waals surface area contributed by atoms with Crippen LogP contribution in [0.2, 0.25) is 0 Å². The minimum atomic E-state index is -0.162. The summed E-state index contributed by atoms with van der Waals surface area (Å²) in [6.07, 6.45) is 3.35. The van der Waals surface area contributed by atoms with Crippen LogP contribution in [0.25, 0.3) is 21.9 Å². The number of nitrogens with one attached hydrogen (secondary N) is 3. The van der Waals surface area contributed by atoms with Crippen molar-refractivity contribution in [3.63, 3.8) is 0 Å². The van der Waals surface area contributed by atoms with E-state index in [4.69, 9.17) is 0 Å². The lowest BCUT2D eigenvalue weighted by Crippen LogP contribution is -2.11. The van der Waals surface area contributed by atoms with Crippen LogP contribution in [-0.2, 0) is 0 Å². The maximum absolute atomic E-state index is 12.3. The van der Waals surface area contributed by atoms with Crippen molar-refractivity contribution in [3.05, 3.63) is 54.5 Å². The fraction of sp³-hybridized carbons (Fsp3) is 0. The number of imidazole rings is 1. The number of hydrogen-bond donors (Lipinski definition) is 3. The van der Waals surface area contributed by atoms with E-state index in [0.29, 0.717) is 5.56 Å². The van der Waals surface area contributed by atoms with Gasteiger partial charge in [-0.2, -0.15) is 5.10 Å². The Morgan fingerprint density at radius 2 is 2.05 bits per heavy atom. The van der Waals surface area contributed by atoms with E-state index in [0.717, 1.165) is 27.6 Å². The van der Waals surface area contributed by atoms with Crippen LogP contribution in [0.3, 0.4) is 0 Å². The number of aromatic amines is 2. The zero-order valence-electron chi connectivity index (χ0n) is 10.9. The summed E-state index contributed by atoms with van der Waals surface area (Å²) in [4.78, 5) is 19.4. The largest absolute Gasteiger partial charge is 0.345 e. The van der Waals surface area contributed by atoms with Crippen molar-refractivity contribution in [1.29, 1.82) is 0 Å². The second-order valence-electron chi connectivity index (χ2n) is 4.76. The molecule has 102 valence electrons. The Hall–Kier alpha value is -3.15. The Balaban J connectivity index is 1.64. The van der Waals surface area contributed by atoms with Crippen LogP contribution >= 0.6 is 0 Å². The van der Waals surface area contributed by atoms with E-state index in [2.05, 4.69) is 25.5 Å². The number of anilines is 1. The maximum Gasteiger partial charge on any atom is 0.255 e. The first-order chi connectivity index (χ1) is 10.3. The van der Waals surface area contributed by atoms with Crippen LogP contribution in [0.4, 0.5) is 5.69 Å². The van der Waals surface area contributed by atoms with E-state index >= 15 is 0 Å². The van der Waals surface area contributed by atoms with E-state index < -0.39 is 0 Å². The average Bonchev–Trinajstić information content (AvgIpc) is 3.14. The smallest absolute Gasteiger partial charge is 0.255 e. The molecule has 0 radical (unpaired) electrons. The number of rotatable bonds is 2. The van der Waals surface area contributed by atoms with E-state index in [1.165, 1.54) is 0 Å². The molecule has 21 heavy (non-hydrogen) atoms. The number of aromatic nitrogens is 4. The van der Waals surface area contributed by atoms with Gasteiger partial charge in [-0.25, -0.2) is 4.98 Å². The predicted molar refractivity (Wildman–Crippen MR) is 80.1 cm³/mol. The van der Waals surface area contributed by atoms with E-state index in [1.807, 2.05) is 24.3 Å². The summed E-state index contributed by atoms with van der Waals surface area (Å²) in [5.74, 6) is -0.162. The summed E-state index contributed by atoms with van der Waals surface area (Å²) in [6, 6.07) is 11.0. The zero-order valence-corrected chi connectivity index (χ0v) is 10.9. The second-order valence-corrected chi connectivity index (χ2v) is 4.76. The van der Waals surface area contributed by atoms with Gasteiger partial charge in [-0.1, -0.05) is 6.07 Å². The minimum absolute atomic E-state index is 0.162. The average molecular weight is 277 g/mol. The molecule has 6 nitrogen and oxygen atoms in total. The summed E-state index contributed by atoms with van der Waals surface area (Å²) in [7, 11) is 0. The molecule has 0 unspecified atom stereocenters. The Morgan fingerprint density at radius 3 is 3.00 bits per heavy atom. The molecule has 4 rings (SSSR count). The summed E-state index contributed by atoms with van der Waals surface area (Å²) >= 11 is 0. The molecule has 2 aromatic carbocycles. The molecule has 0 bridgehead atoms. The van der Waals surface area contributed by atoms with Gasteiger partial charge in [0.2, 0.25) is 0 Å². The molecule has 0 saturated heterocycles. The van der Waals surface area contributed by atoms with Crippen molar-refractivity contribution in [2.24, 2.45) is 0 Å². The molecule has 3 N–H and O–H groups in total. The first-order valence-corrected chi connectivity index (χ1v) is 6.47. The highest BCUT2D eigenvalue weighted by atomic mass is 16.1. The quantitative estimate of drug-likeness (QED) is 0.526. The monoisotopic (exact) mass is 277 g/mol. The van der Waals surface area contributed by atoms with Crippen molar-refractivity contribution >= 4 is 33.5 Å². The molecule has 2 heterocycles. The molecule has 0 spiro atoms. The third-order valence-corrected chi connectivity index (χ3v) is 3.38. The van der Waals surface area contributed by atoms with Crippen molar-refractivity contribution in [2.75, 3.05) is 5.32 Å². The molecule has 6 heteroatoms. The predicted octanol–water partition coefficient (Wildman–Crippen LogP) is 2.69. The fourth-order valence-corrected chi connectivity index (χ4v) is 2.29. The minimum Gasteiger partial charge on any atom is -0.345 e. The van der Waals surface area contributed by atoms with Gasteiger partial charge in [0.1, 0.15) is 0 Å². The fourth-order valence-electron chi connectivity index (χ4n) is 2.29. The SMILES string of the molecule is O=C(Nc1ccc2nc[nH]c2c1)c1ccc2cn[nH]c2c1. The van der Waals surface area contributed by atoms with Gasteiger partial charge in [0.05, 0.1) is 29.1 Å². The Labute approximate surface area is 119 Å². The molecule has 0 fully saturated rings. The van der Waals surface area contributed by atoms with Crippen LogP contribution in [0.1, 0.15) is 10.4 Å². The summed E-state index contributed by atoms with van der Waals surface area (Å²) in [5.41, 5.74) is 3.90. The standard InChI is InChI=1S/C15H11N5O/c21-15(9-1-2-10-7-18-20-13(10)5-9)19-11-3-4-12-14(6-11)17-8-16-12/h1-8H,(H,16,17)(H,18,20)(H,19,21). The molecule has 0 aliphatic rings. The molecular weight excluding hydrogens is 266 g/mol. The van der Waals surface area contributed by atoms with Crippen molar-refractivity contribution < 1.29 is 4.79 Å². The second kappa shape index (κ2) is 4.45. The van der Waals surface area contributed by atoms with Crippen LogP contribution in [-0.4, -0.2) is 26.1 Å². The zero-order chi connectivity index (χ0) is 14.2. The maximum atomic E-state index is 12.3. The van der Waals surface area contributed by atoms with Gasteiger partial charge in [0, 0.05) is 16.6 Å². The Kier molecular flexibility index (Phi) is 2.47. The molecule has 4 aromatic rings. The van der Waals surface area contributed by atoms with Gasteiger partial charge in [-0.15, -0.1) is 0 Å². The number of carbonyl (C=O) groups excluding carboxylic acids is 1. The summed E-state index contributed by atoms with van der Waals surface area (Å²) in [5, 5.41) is 10.7. The Bertz CT molecular complexity index is 953. The molecule has 2 aromatic heterocycles. The first-order valence-electron chi connectivity index (χ1n) is 6.47. The van der Waals surface area contributed by atoms with Crippen LogP contribution in [0.5, 0.6) is 0 Å². The van der Waals surface area contributed by atoms with Crippen molar-refractivity contribution in [3.8, 4) is 0 Å².